The normalized spacial score (nSPS) is 12.0. The van der Waals surface area contributed by atoms with Gasteiger partial charge in [0.2, 0.25) is 5.91 Å². The monoisotopic (exact) mass is 657 g/mol. The lowest BCUT2D eigenvalue weighted by Crippen LogP contribution is -2.32. The van der Waals surface area contributed by atoms with Crippen LogP contribution in [-0.4, -0.2) is 41.8 Å². The molecule has 0 bridgehead atoms. The van der Waals surface area contributed by atoms with Gasteiger partial charge in [-0.25, -0.2) is 0 Å². The Labute approximate surface area is 271 Å². The van der Waals surface area contributed by atoms with E-state index in [-0.39, 0.29) is 5.97 Å². The molecule has 0 aromatic heterocycles. The number of amides is 1. The molecule has 0 saturated carbocycles. The molecule has 0 spiro atoms. The lowest BCUT2D eigenvalue weighted by molar-refractivity contribution is -0.145. The zero-order chi connectivity index (χ0) is 30.9. The number of hydrogen-bond acceptors (Lipinski definition) is 3. The summed E-state index contributed by atoms with van der Waals surface area (Å²) in [6.45, 7) is 9.24. The van der Waals surface area contributed by atoms with Gasteiger partial charge in [-0.15, -0.1) is 0 Å². The summed E-state index contributed by atoms with van der Waals surface area (Å²) in [4.78, 5) is 27.3. The molecule has 0 aliphatic rings. The van der Waals surface area contributed by atoms with Gasteiger partial charge in [0.05, 0.1) is 6.61 Å². The summed E-state index contributed by atoms with van der Waals surface area (Å²) >= 11 is 3.49. The Bertz CT molecular complexity index is 585. The molecule has 1 atom stereocenters. The highest BCUT2D eigenvalue weighted by Crippen LogP contribution is 2.20. The lowest BCUT2D eigenvalue weighted by atomic mass is 9.95. The van der Waals surface area contributed by atoms with Gasteiger partial charge in [-0.05, 0) is 50.9 Å². The summed E-state index contributed by atoms with van der Waals surface area (Å²) < 4.78 is 5.76. The maximum absolute atomic E-state index is 12.8. The molecule has 0 aliphatic heterocycles. The average molecular weight is 659 g/mol. The first-order chi connectivity index (χ1) is 20.6. The third-order valence-corrected chi connectivity index (χ3v) is 9.19. The van der Waals surface area contributed by atoms with Gasteiger partial charge in [0.25, 0.3) is 0 Å². The first-order valence-corrected chi connectivity index (χ1v) is 19.7. The number of nitrogens with zero attached hydrogens (tertiary/aromatic N) is 1. The van der Waals surface area contributed by atoms with E-state index >= 15 is 0 Å². The maximum Gasteiger partial charge on any atom is 0.305 e. The topological polar surface area (TPSA) is 46.6 Å². The van der Waals surface area contributed by atoms with E-state index in [2.05, 4.69) is 41.6 Å². The summed E-state index contributed by atoms with van der Waals surface area (Å²) in [5.41, 5.74) is 0. The first kappa shape index (κ1) is 41.4. The quantitative estimate of drug-likeness (QED) is 0.0400. The zero-order valence-electron chi connectivity index (χ0n) is 28.5. The number of unbranched alkanes of at least 4 members (excludes halogenated alkanes) is 18. The summed E-state index contributed by atoms with van der Waals surface area (Å²) in [6.07, 6.45) is 31.7. The molecule has 0 rings (SSSR count). The summed E-state index contributed by atoms with van der Waals surface area (Å²) in [5, 5.41) is 1.03. The van der Waals surface area contributed by atoms with E-state index in [9.17, 15) is 9.59 Å². The van der Waals surface area contributed by atoms with Gasteiger partial charge in [-0.2, -0.15) is 0 Å². The minimum atomic E-state index is 0.00450. The zero-order valence-corrected chi connectivity index (χ0v) is 30.1. The van der Waals surface area contributed by atoms with Crippen molar-refractivity contribution in [3.8, 4) is 0 Å². The van der Waals surface area contributed by atoms with Gasteiger partial charge in [-0.1, -0.05) is 152 Å². The Hall–Kier alpha value is -0.580. The van der Waals surface area contributed by atoms with Crippen molar-refractivity contribution in [2.45, 2.75) is 194 Å². The first-order valence-electron chi connectivity index (χ1n) is 18.6. The number of hydrogen-bond donors (Lipinski definition) is 0. The lowest BCUT2D eigenvalue weighted by Gasteiger charge is -2.23. The van der Waals surface area contributed by atoms with E-state index in [0.717, 1.165) is 63.4 Å². The van der Waals surface area contributed by atoms with E-state index in [1.165, 1.54) is 116 Å². The van der Waals surface area contributed by atoms with Crippen LogP contribution in [0.4, 0.5) is 0 Å². The number of rotatable bonds is 33. The number of carbonyl (C=O) groups is 2. The van der Waals surface area contributed by atoms with Crippen molar-refractivity contribution in [2.24, 2.45) is 5.92 Å². The van der Waals surface area contributed by atoms with E-state index in [1.54, 1.807) is 0 Å². The maximum atomic E-state index is 12.8. The van der Waals surface area contributed by atoms with Crippen molar-refractivity contribution in [2.75, 3.05) is 25.0 Å². The van der Waals surface area contributed by atoms with Crippen LogP contribution in [0.2, 0.25) is 0 Å². The predicted octanol–water partition coefficient (Wildman–Crippen LogP) is 12.0. The third kappa shape index (κ3) is 28.2. The Morgan fingerprint density at radius 1 is 0.548 bits per heavy atom. The number of ether oxygens (including phenoxy) is 1. The van der Waals surface area contributed by atoms with Crippen molar-refractivity contribution in [3.05, 3.63) is 0 Å². The molecule has 0 aromatic rings. The fraction of sp³-hybridized carbons (Fsp3) is 0.946. The van der Waals surface area contributed by atoms with Crippen LogP contribution in [0.15, 0.2) is 0 Å². The van der Waals surface area contributed by atoms with Gasteiger partial charge in [0.1, 0.15) is 0 Å². The molecule has 0 saturated heterocycles. The predicted molar refractivity (Wildman–Crippen MR) is 187 cm³/mol. The molecule has 0 radical (unpaired) electrons. The highest BCUT2D eigenvalue weighted by atomic mass is 79.9. The van der Waals surface area contributed by atoms with Gasteiger partial charge >= 0.3 is 5.97 Å². The number of esters is 1. The fourth-order valence-corrected chi connectivity index (χ4v) is 6.14. The van der Waals surface area contributed by atoms with Gasteiger partial charge in [-0.3, -0.25) is 9.59 Å². The molecule has 1 amide bonds. The average Bonchev–Trinajstić information content (AvgIpc) is 2.99. The van der Waals surface area contributed by atoms with E-state index in [0.29, 0.717) is 31.3 Å². The number of halogens is 1. The van der Waals surface area contributed by atoms with Crippen LogP contribution in [0.3, 0.4) is 0 Å². The Morgan fingerprint density at radius 3 is 1.55 bits per heavy atom. The van der Waals surface area contributed by atoms with Crippen molar-refractivity contribution in [1.29, 1.82) is 0 Å². The van der Waals surface area contributed by atoms with E-state index < -0.39 is 0 Å². The number of alkyl halides is 1. The second kappa shape index (κ2) is 33.3. The van der Waals surface area contributed by atoms with Crippen molar-refractivity contribution in [1.82, 2.24) is 4.90 Å². The van der Waals surface area contributed by atoms with Crippen LogP contribution in [-0.2, 0) is 14.3 Å². The molecular weight excluding hydrogens is 586 g/mol. The van der Waals surface area contributed by atoms with E-state index in [1.807, 2.05) is 0 Å². The smallest absolute Gasteiger partial charge is 0.305 e. The minimum absolute atomic E-state index is 0.00450. The Kier molecular flexibility index (Phi) is 32.9. The molecule has 5 heteroatoms. The van der Waals surface area contributed by atoms with Crippen LogP contribution in [0.1, 0.15) is 194 Å². The van der Waals surface area contributed by atoms with Gasteiger partial charge in [0.15, 0.2) is 0 Å². The highest BCUT2D eigenvalue weighted by molar-refractivity contribution is 9.09. The van der Waals surface area contributed by atoms with Crippen molar-refractivity contribution in [3.63, 3.8) is 0 Å². The molecule has 42 heavy (non-hydrogen) atoms. The largest absolute Gasteiger partial charge is 0.465 e. The Balaban J connectivity index is 4.12. The van der Waals surface area contributed by atoms with Gasteiger partial charge in [0, 0.05) is 31.3 Å². The minimum Gasteiger partial charge on any atom is -0.465 e. The molecule has 250 valence electrons. The van der Waals surface area contributed by atoms with Crippen LogP contribution in [0, 0.1) is 5.92 Å². The van der Waals surface area contributed by atoms with E-state index in [4.69, 9.17) is 4.74 Å². The summed E-state index contributed by atoms with van der Waals surface area (Å²) in [6, 6.07) is 0. The third-order valence-electron chi connectivity index (χ3n) is 8.63. The molecule has 0 fully saturated rings. The van der Waals surface area contributed by atoms with Crippen molar-refractivity contribution >= 4 is 27.8 Å². The highest BCUT2D eigenvalue weighted by Gasteiger charge is 2.14. The number of carbonyl (C=O) groups excluding carboxylic acids is 2. The van der Waals surface area contributed by atoms with Crippen LogP contribution < -0.4 is 0 Å². The summed E-state index contributed by atoms with van der Waals surface area (Å²) in [7, 11) is 0. The second-order valence-corrected chi connectivity index (χ2v) is 13.6. The molecular formula is C37H72BrNO3. The molecule has 0 aliphatic carbocycles. The van der Waals surface area contributed by atoms with Crippen LogP contribution >= 0.6 is 15.9 Å². The van der Waals surface area contributed by atoms with Gasteiger partial charge < -0.3 is 9.64 Å². The van der Waals surface area contributed by atoms with Crippen LogP contribution in [0.5, 0.6) is 0 Å². The Morgan fingerprint density at radius 2 is 0.976 bits per heavy atom. The standard InChI is InChI=1S/C37H72BrNO3/c1-4-7-10-13-16-21-28-35(27-20-11-8-5-2)34-42-37(41)30-23-17-14-15-18-26-33-39(32-25-12-9-6-3)36(40)29-22-19-24-31-38/h35H,4-34H2,1-3H3. The fourth-order valence-electron chi connectivity index (χ4n) is 5.74. The second-order valence-electron chi connectivity index (χ2n) is 12.8. The summed E-state index contributed by atoms with van der Waals surface area (Å²) in [5.74, 6) is 0.906. The van der Waals surface area contributed by atoms with Crippen LogP contribution in [0.25, 0.3) is 0 Å². The van der Waals surface area contributed by atoms with Crippen molar-refractivity contribution < 1.29 is 14.3 Å². The SMILES string of the molecule is CCCCCCCCC(CCCCCC)COC(=O)CCCCCCCCN(CCCCCC)C(=O)CCCCCBr. The molecule has 0 heterocycles. The molecule has 4 nitrogen and oxygen atoms in total. The molecule has 1 unspecified atom stereocenters. The molecule has 0 aromatic carbocycles. The molecule has 0 N–H and O–H groups in total.